The third kappa shape index (κ3) is 3.50. The molecule has 0 amide bonds. The van der Waals surface area contributed by atoms with Crippen molar-refractivity contribution >= 4 is 12.6 Å². The topological polar surface area (TPSA) is 58.9 Å². The molecule has 4 nitrogen and oxygen atoms in total. The molecule has 0 unspecified atom stereocenters. The molecule has 0 saturated heterocycles. The molecule has 2 rings (SSSR count). The average Bonchev–Trinajstić information content (AvgIpc) is 2.46. The first-order valence-corrected chi connectivity index (χ1v) is 6.12. The molecule has 21 heavy (non-hydrogen) atoms. The lowest BCUT2D eigenvalue weighted by Crippen LogP contribution is -2.31. The van der Waals surface area contributed by atoms with E-state index in [2.05, 4.69) is 0 Å². The average molecular weight is 294 g/mol. The zero-order valence-corrected chi connectivity index (χ0v) is 11.2. The third-order valence-electron chi connectivity index (χ3n) is 2.87. The van der Waals surface area contributed by atoms with Crippen LogP contribution in [0.25, 0.3) is 0 Å². The van der Waals surface area contributed by atoms with E-state index in [0.29, 0.717) is 11.3 Å². The first kappa shape index (κ1) is 15.3. The summed E-state index contributed by atoms with van der Waals surface area (Å²) in [5, 5.41) is 18.5. The van der Waals surface area contributed by atoms with Gasteiger partial charge in [-0.25, -0.2) is 8.78 Å². The second-order valence-corrected chi connectivity index (χ2v) is 4.29. The molecule has 2 aromatic carbocycles. The van der Waals surface area contributed by atoms with Gasteiger partial charge in [0, 0.05) is 5.46 Å². The highest BCUT2D eigenvalue weighted by molar-refractivity contribution is 6.59. The molecule has 7 heteroatoms. The van der Waals surface area contributed by atoms with Crippen molar-refractivity contribution in [2.75, 3.05) is 7.11 Å². The number of hydrogen-bond acceptors (Lipinski definition) is 4. The molecule has 0 aliphatic carbocycles. The summed E-state index contributed by atoms with van der Waals surface area (Å²) in [6, 6.07) is 7.98. The molecule has 0 aliphatic heterocycles. The second kappa shape index (κ2) is 6.56. The fourth-order valence-electron chi connectivity index (χ4n) is 1.85. The zero-order chi connectivity index (χ0) is 15.4. The van der Waals surface area contributed by atoms with Crippen LogP contribution in [0.2, 0.25) is 0 Å². The van der Waals surface area contributed by atoms with Gasteiger partial charge in [0.2, 0.25) is 0 Å². The Morgan fingerprint density at radius 2 is 1.76 bits per heavy atom. The Bertz CT molecular complexity index is 614. The van der Waals surface area contributed by atoms with Crippen LogP contribution in [0.5, 0.6) is 11.5 Å². The van der Waals surface area contributed by atoms with E-state index in [1.165, 1.54) is 25.3 Å². The summed E-state index contributed by atoms with van der Waals surface area (Å²) in [5.41, 5.74) is 0.661. The van der Waals surface area contributed by atoms with Crippen LogP contribution in [0.1, 0.15) is 5.56 Å². The molecule has 0 aromatic heterocycles. The van der Waals surface area contributed by atoms with Crippen LogP contribution in [0.3, 0.4) is 0 Å². The standard InChI is InChI=1S/C14H13BF2O4/c1-20-13-6-5-9(7-10(13)15(18)19)8-21-14-11(16)3-2-4-12(14)17/h2-7,18-19H,8H2,1H3. The smallest absolute Gasteiger partial charge is 0.492 e. The number of para-hydroxylation sites is 1. The first-order valence-electron chi connectivity index (χ1n) is 6.12. The summed E-state index contributed by atoms with van der Waals surface area (Å²) < 4.78 is 36.9. The summed E-state index contributed by atoms with van der Waals surface area (Å²) in [6.45, 7) is -0.123. The predicted molar refractivity (Wildman–Crippen MR) is 73.5 cm³/mol. The van der Waals surface area contributed by atoms with Crippen LogP contribution < -0.4 is 14.9 Å². The summed E-state index contributed by atoms with van der Waals surface area (Å²) >= 11 is 0. The highest BCUT2D eigenvalue weighted by Crippen LogP contribution is 2.22. The predicted octanol–water partition coefficient (Wildman–Crippen LogP) is 1.23. The molecular formula is C14H13BF2O4. The molecule has 0 fully saturated rings. The van der Waals surface area contributed by atoms with Gasteiger partial charge in [0.15, 0.2) is 17.4 Å². The van der Waals surface area contributed by atoms with Gasteiger partial charge < -0.3 is 19.5 Å². The molecule has 0 spiro atoms. The van der Waals surface area contributed by atoms with Gasteiger partial charge in [-0.15, -0.1) is 0 Å². The zero-order valence-electron chi connectivity index (χ0n) is 11.2. The van der Waals surface area contributed by atoms with E-state index in [1.807, 2.05) is 0 Å². The van der Waals surface area contributed by atoms with Crippen LogP contribution in [-0.2, 0) is 6.61 Å². The quantitative estimate of drug-likeness (QED) is 0.814. The van der Waals surface area contributed by atoms with Gasteiger partial charge >= 0.3 is 7.12 Å². The van der Waals surface area contributed by atoms with Crippen molar-refractivity contribution in [1.82, 2.24) is 0 Å². The van der Waals surface area contributed by atoms with Crippen molar-refractivity contribution in [3.05, 3.63) is 53.6 Å². The Morgan fingerprint density at radius 1 is 1.10 bits per heavy atom. The highest BCUT2D eigenvalue weighted by Gasteiger charge is 2.18. The molecule has 2 aromatic rings. The van der Waals surface area contributed by atoms with E-state index in [0.717, 1.165) is 12.1 Å². The van der Waals surface area contributed by atoms with Gasteiger partial charge in [0.25, 0.3) is 0 Å². The lowest BCUT2D eigenvalue weighted by Gasteiger charge is -2.12. The van der Waals surface area contributed by atoms with Gasteiger partial charge in [-0.3, -0.25) is 0 Å². The SMILES string of the molecule is COc1ccc(COc2c(F)cccc2F)cc1B(O)O. The molecule has 2 N–H and O–H groups in total. The normalized spacial score (nSPS) is 10.3. The van der Waals surface area contributed by atoms with Gasteiger partial charge in [0.05, 0.1) is 7.11 Å². The molecule has 0 radical (unpaired) electrons. The molecular weight excluding hydrogens is 281 g/mol. The summed E-state index contributed by atoms with van der Waals surface area (Å²) in [7, 11) is -0.323. The van der Waals surface area contributed by atoms with E-state index in [-0.39, 0.29) is 12.1 Å². The number of ether oxygens (including phenoxy) is 2. The lowest BCUT2D eigenvalue weighted by molar-refractivity contribution is 0.274. The first-order chi connectivity index (χ1) is 10.0. The Balaban J connectivity index is 2.19. The number of halogens is 2. The highest BCUT2D eigenvalue weighted by atomic mass is 19.1. The molecule has 0 heterocycles. The summed E-state index contributed by atoms with van der Waals surface area (Å²) in [4.78, 5) is 0. The van der Waals surface area contributed by atoms with Crippen molar-refractivity contribution in [3.8, 4) is 11.5 Å². The van der Waals surface area contributed by atoms with Crippen molar-refractivity contribution < 1.29 is 28.3 Å². The summed E-state index contributed by atoms with van der Waals surface area (Å²) in [5.74, 6) is -1.78. The van der Waals surface area contributed by atoms with Crippen LogP contribution in [0, 0.1) is 11.6 Å². The number of methoxy groups -OCH3 is 1. The fourth-order valence-corrected chi connectivity index (χ4v) is 1.85. The Hall–Kier alpha value is -2.12. The Morgan fingerprint density at radius 3 is 2.33 bits per heavy atom. The van der Waals surface area contributed by atoms with Crippen LogP contribution in [0.15, 0.2) is 36.4 Å². The monoisotopic (exact) mass is 294 g/mol. The van der Waals surface area contributed by atoms with E-state index < -0.39 is 24.5 Å². The number of rotatable bonds is 5. The third-order valence-corrected chi connectivity index (χ3v) is 2.87. The van der Waals surface area contributed by atoms with Gasteiger partial charge in [-0.2, -0.15) is 0 Å². The Kier molecular flexibility index (Phi) is 4.77. The van der Waals surface area contributed by atoms with E-state index >= 15 is 0 Å². The van der Waals surface area contributed by atoms with Gasteiger partial charge in [-0.1, -0.05) is 18.2 Å². The van der Waals surface area contributed by atoms with E-state index in [9.17, 15) is 18.8 Å². The number of benzene rings is 2. The lowest BCUT2D eigenvalue weighted by atomic mass is 9.79. The molecule has 0 bridgehead atoms. The van der Waals surface area contributed by atoms with Crippen molar-refractivity contribution in [2.24, 2.45) is 0 Å². The minimum Gasteiger partial charge on any atom is -0.497 e. The molecule has 0 saturated carbocycles. The molecule has 110 valence electrons. The van der Waals surface area contributed by atoms with Crippen LogP contribution in [0.4, 0.5) is 8.78 Å². The van der Waals surface area contributed by atoms with Gasteiger partial charge in [0.1, 0.15) is 12.4 Å². The largest absolute Gasteiger partial charge is 0.497 e. The Labute approximate surface area is 120 Å². The van der Waals surface area contributed by atoms with Crippen LogP contribution >= 0.6 is 0 Å². The maximum Gasteiger partial charge on any atom is 0.492 e. The maximum absolute atomic E-state index is 13.4. The van der Waals surface area contributed by atoms with Crippen LogP contribution in [-0.4, -0.2) is 24.3 Å². The molecule has 0 aliphatic rings. The maximum atomic E-state index is 13.4. The van der Waals surface area contributed by atoms with Gasteiger partial charge in [-0.05, 0) is 23.8 Å². The van der Waals surface area contributed by atoms with Crippen molar-refractivity contribution in [2.45, 2.75) is 6.61 Å². The molecule has 0 atom stereocenters. The van der Waals surface area contributed by atoms with Crippen molar-refractivity contribution in [1.29, 1.82) is 0 Å². The minimum atomic E-state index is -1.72. The number of hydrogen-bond donors (Lipinski definition) is 2. The van der Waals surface area contributed by atoms with Crippen molar-refractivity contribution in [3.63, 3.8) is 0 Å². The second-order valence-electron chi connectivity index (χ2n) is 4.29. The van der Waals surface area contributed by atoms with E-state index in [4.69, 9.17) is 9.47 Å². The minimum absolute atomic E-state index is 0.123. The summed E-state index contributed by atoms with van der Waals surface area (Å²) in [6.07, 6.45) is 0. The van der Waals surface area contributed by atoms with E-state index in [1.54, 1.807) is 6.07 Å². The fraction of sp³-hybridized carbons (Fsp3) is 0.143.